The molecule has 2 fully saturated rings. The van der Waals surface area contributed by atoms with Gasteiger partial charge in [0.15, 0.2) is 16.5 Å². The molecule has 3 aromatic rings. The molecule has 10 heteroatoms. The Kier molecular flexibility index (Phi) is 5.01. The van der Waals surface area contributed by atoms with Crippen LogP contribution in [0.15, 0.2) is 45.8 Å². The van der Waals surface area contributed by atoms with E-state index in [0.29, 0.717) is 12.2 Å². The molecule has 3 aliphatic rings. The van der Waals surface area contributed by atoms with Gasteiger partial charge in [-0.2, -0.15) is 0 Å². The van der Waals surface area contributed by atoms with Gasteiger partial charge in [-0.25, -0.2) is 8.42 Å². The lowest BCUT2D eigenvalue weighted by Crippen LogP contribution is -2.50. The van der Waals surface area contributed by atoms with E-state index in [2.05, 4.69) is 33.0 Å². The van der Waals surface area contributed by atoms with Gasteiger partial charge in [0.2, 0.25) is 0 Å². The van der Waals surface area contributed by atoms with Gasteiger partial charge in [-0.05, 0) is 55.5 Å². The van der Waals surface area contributed by atoms with Crippen LogP contribution in [0.3, 0.4) is 0 Å². The molecule has 0 unspecified atom stereocenters. The maximum Gasteiger partial charge on any atom is 0.270 e. The number of aliphatic hydroxyl groups is 1. The van der Waals surface area contributed by atoms with Crippen LogP contribution in [-0.2, 0) is 21.9 Å². The summed E-state index contributed by atoms with van der Waals surface area (Å²) in [6.07, 6.45) is 3.67. The van der Waals surface area contributed by atoms with Crippen LogP contribution >= 0.6 is 0 Å². The largest absolute Gasteiger partial charge is 0.495 e. The van der Waals surface area contributed by atoms with Crippen molar-refractivity contribution in [1.29, 1.82) is 0 Å². The van der Waals surface area contributed by atoms with E-state index in [1.54, 1.807) is 18.2 Å². The van der Waals surface area contributed by atoms with E-state index < -0.39 is 10.0 Å². The number of hydrogen-bond donors (Lipinski definition) is 2. The lowest BCUT2D eigenvalue weighted by Gasteiger charge is -2.42. The van der Waals surface area contributed by atoms with Crippen molar-refractivity contribution in [3.05, 3.63) is 47.5 Å². The standard InChI is InChI=1S/C25H27N3O6S/c1-32-20-4-3-5-21(33-2)23(20)35(30,31)27-24-18-13-25(9-10-25)19-7-6-15(28-11-8-16(28)14-29)12-17(19)22(18)34-26-24/h3-7,12,16,29H,8-11,13-14H2,1-2H3,(H,26,27)/t16-/m0/s1. The minimum atomic E-state index is -4.08. The molecule has 0 bridgehead atoms. The fraction of sp³-hybridized carbons (Fsp3) is 0.400. The third kappa shape index (κ3) is 3.38. The highest BCUT2D eigenvalue weighted by Crippen LogP contribution is 2.59. The van der Waals surface area contributed by atoms with Crippen molar-refractivity contribution in [2.75, 3.05) is 37.0 Å². The molecule has 0 radical (unpaired) electrons. The first-order chi connectivity index (χ1) is 16.9. The number of aromatic nitrogens is 1. The van der Waals surface area contributed by atoms with Crippen molar-refractivity contribution < 1.29 is 27.5 Å². The van der Waals surface area contributed by atoms with Gasteiger partial charge in [0, 0.05) is 28.8 Å². The van der Waals surface area contributed by atoms with Crippen LogP contribution in [0.1, 0.15) is 30.4 Å². The van der Waals surface area contributed by atoms with Crippen LogP contribution in [0.2, 0.25) is 0 Å². The highest BCUT2D eigenvalue weighted by molar-refractivity contribution is 7.93. The second-order valence-corrected chi connectivity index (χ2v) is 11.1. The first-order valence-corrected chi connectivity index (χ1v) is 13.1. The lowest BCUT2D eigenvalue weighted by atomic mass is 9.79. The van der Waals surface area contributed by atoms with Crippen molar-refractivity contribution >= 4 is 21.5 Å². The van der Waals surface area contributed by atoms with Crippen molar-refractivity contribution in [3.8, 4) is 22.8 Å². The molecule has 1 aromatic heterocycles. The Hall–Kier alpha value is -3.24. The number of aliphatic hydroxyl groups excluding tert-OH is 1. The number of nitrogens with one attached hydrogen (secondary N) is 1. The predicted octanol–water partition coefficient (Wildman–Crippen LogP) is 3.32. The first kappa shape index (κ1) is 22.2. The molecule has 9 nitrogen and oxygen atoms in total. The SMILES string of the molecule is COc1cccc(OC)c1S(=O)(=O)Nc1noc2c1CC1(CC1)c1ccc(N3CC[C@H]3CO)cc1-2. The zero-order chi connectivity index (χ0) is 24.4. The minimum absolute atomic E-state index is 0.0277. The van der Waals surface area contributed by atoms with Crippen LogP contribution in [-0.4, -0.2) is 52.1 Å². The Morgan fingerprint density at radius 2 is 1.94 bits per heavy atom. The molecule has 1 atom stereocenters. The lowest BCUT2D eigenvalue weighted by molar-refractivity contribution is 0.226. The second-order valence-electron chi connectivity index (χ2n) is 9.44. The number of nitrogens with zero attached hydrogens (tertiary/aromatic N) is 2. The first-order valence-electron chi connectivity index (χ1n) is 11.7. The van der Waals surface area contributed by atoms with E-state index in [1.165, 1.54) is 19.8 Å². The summed E-state index contributed by atoms with van der Waals surface area (Å²) in [6.45, 7) is 1.01. The summed E-state index contributed by atoms with van der Waals surface area (Å²) in [6, 6.07) is 11.3. The number of hydrogen-bond acceptors (Lipinski definition) is 8. The molecule has 2 N–H and O–H groups in total. The number of rotatable bonds is 7. The third-order valence-corrected chi connectivity index (χ3v) is 8.95. The summed E-state index contributed by atoms with van der Waals surface area (Å²) in [5.41, 5.74) is 3.91. The van der Waals surface area contributed by atoms with Crippen LogP contribution in [0.4, 0.5) is 11.5 Å². The van der Waals surface area contributed by atoms with Crippen LogP contribution in [0.25, 0.3) is 11.3 Å². The van der Waals surface area contributed by atoms with E-state index in [1.807, 2.05) is 0 Å². The number of ether oxygens (including phenoxy) is 2. The van der Waals surface area contributed by atoms with Crippen LogP contribution < -0.4 is 19.1 Å². The highest BCUT2D eigenvalue weighted by atomic mass is 32.2. The van der Waals surface area contributed by atoms with Gasteiger partial charge in [-0.15, -0.1) is 0 Å². The van der Waals surface area contributed by atoms with Gasteiger partial charge in [0.1, 0.15) is 11.5 Å². The zero-order valence-corrected chi connectivity index (χ0v) is 20.4. The molecule has 1 aliphatic heterocycles. The van der Waals surface area contributed by atoms with Crippen molar-refractivity contribution in [2.45, 2.75) is 42.0 Å². The second kappa shape index (κ2) is 7.89. The van der Waals surface area contributed by atoms with Crippen molar-refractivity contribution in [2.24, 2.45) is 0 Å². The summed E-state index contributed by atoms with van der Waals surface area (Å²) in [5, 5.41) is 13.8. The van der Waals surface area contributed by atoms with Crippen molar-refractivity contribution in [3.63, 3.8) is 0 Å². The van der Waals surface area contributed by atoms with Crippen LogP contribution in [0, 0.1) is 0 Å². The number of methoxy groups -OCH3 is 2. The van der Waals surface area contributed by atoms with Gasteiger partial charge in [0.25, 0.3) is 10.0 Å². The number of fused-ring (bicyclic) bond motifs is 4. The van der Waals surface area contributed by atoms with Gasteiger partial charge >= 0.3 is 0 Å². The number of benzene rings is 2. The van der Waals surface area contributed by atoms with Gasteiger partial charge < -0.3 is 24.0 Å². The summed E-state index contributed by atoms with van der Waals surface area (Å²) in [7, 11) is -1.26. The van der Waals surface area contributed by atoms with Crippen molar-refractivity contribution in [1.82, 2.24) is 5.16 Å². The summed E-state index contributed by atoms with van der Waals surface area (Å²) in [5.74, 6) is 1.13. The Bertz CT molecular complexity index is 1390. The van der Waals surface area contributed by atoms with E-state index in [-0.39, 0.29) is 40.3 Å². The summed E-state index contributed by atoms with van der Waals surface area (Å²) >= 11 is 0. The molecular formula is C25H27N3O6S. The average molecular weight is 498 g/mol. The van der Waals surface area contributed by atoms with Crippen LogP contribution in [0.5, 0.6) is 11.5 Å². The fourth-order valence-corrected chi connectivity index (χ4v) is 6.74. The molecule has 6 rings (SSSR count). The van der Waals surface area contributed by atoms with E-state index >= 15 is 0 Å². The molecule has 184 valence electrons. The molecule has 0 amide bonds. The van der Waals surface area contributed by atoms with E-state index in [4.69, 9.17) is 14.0 Å². The Morgan fingerprint density at radius 3 is 2.54 bits per heavy atom. The molecule has 2 aromatic carbocycles. The van der Waals surface area contributed by atoms with Gasteiger partial charge in [-0.3, -0.25) is 4.72 Å². The highest BCUT2D eigenvalue weighted by Gasteiger charge is 2.51. The number of sulfonamides is 1. The fourth-order valence-electron chi connectivity index (χ4n) is 5.39. The molecule has 1 saturated carbocycles. The zero-order valence-electron chi connectivity index (χ0n) is 19.6. The topological polar surface area (TPSA) is 114 Å². The normalized spacial score (nSPS) is 19.5. The molecule has 2 aliphatic carbocycles. The van der Waals surface area contributed by atoms with Gasteiger partial charge in [-0.1, -0.05) is 17.3 Å². The smallest absolute Gasteiger partial charge is 0.270 e. The minimum Gasteiger partial charge on any atom is -0.495 e. The molecule has 1 spiro atoms. The maximum absolute atomic E-state index is 13.4. The molecule has 2 heterocycles. The molecule has 35 heavy (non-hydrogen) atoms. The summed E-state index contributed by atoms with van der Waals surface area (Å²) in [4.78, 5) is 2.09. The third-order valence-electron chi connectivity index (χ3n) is 7.54. The Balaban J connectivity index is 1.41. The molecule has 1 saturated heterocycles. The monoisotopic (exact) mass is 497 g/mol. The summed E-state index contributed by atoms with van der Waals surface area (Å²) < 4.78 is 45.9. The predicted molar refractivity (Wildman–Crippen MR) is 130 cm³/mol. The number of anilines is 2. The quantitative estimate of drug-likeness (QED) is 0.511. The van der Waals surface area contributed by atoms with E-state index in [0.717, 1.165) is 42.6 Å². The molecular weight excluding hydrogens is 470 g/mol. The Morgan fingerprint density at radius 1 is 1.20 bits per heavy atom. The van der Waals surface area contributed by atoms with E-state index in [9.17, 15) is 13.5 Å². The maximum atomic E-state index is 13.4. The van der Waals surface area contributed by atoms with Gasteiger partial charge in [0.05, 0.1) is 26.9 Å². The average Bonchev–Trinajstić information content (AvgIpc) is 3.50. The Labute approximate surface area is 203 Å².